The lowest BCUT2D eigenvalue weighted by Crippen LogP contribution is -2.13. The van der Waals surface area contributed by atoms with E-state index in [1.165, 1.54) is 11.8 Å². The van der Waals surface area contributed by atoms with Crippen LogP contribution in [0.25, 0.3) is 0 Å². The van der Waals surface area contributed by atoms with Crippen LogP contribution in [0.5, 0.6) is 0 Å². The van der Waals surface area contributed by atoms with E-state index in [0.29, 0.717) is 16.8 Å². The van der Waals surface area contributed by atoms with Gasteiger partial charge in [-0.15, -0.1) is 0 Å². The van der Waals surface area contributed by atoms with Crippen molar-refractivity contribution < 1.29 is 18.0 Å². The molecule has 134 valence electrons. The van der Waals surface area contributed by atoms with Crippen molar-refractivity contribution in [3.8, 4) is 0 Å². The van der Waals surface area contributed by atoms with Crippen molar-refractivity contribution >= 4 is 35.0 Å². The van der Waals surface area contributed by atoms with Crippen molar-refractivity contribution in [3.05, 3.63) is 71.0 Å². The third-order valence-electron chi connectivity index (χ3n) is 3.29. The molecule has 4 nitrogen and oxygen atoms in total. The van der Waals surface area contributed by atoms with Crippen LogP contribution in [0.3, 0.4) is 0 Å². The monoisotopic (exact) mass is 397 g/mol. The van der Waals surface area contributed by atoms with E-state index in [2.05, 4.69) is 10.4 Å². The summed E-state index contributed by atoms with van der Waals surface area (Å²) in [6, 6.07) is 14.8. The Balaban J connectivity index is 1.78. The molecule has 0 bridgehead atoms. The van der Waals surface area contributed by atoms with Crippen molar-refractivity contribution in [2.24, 2.45) is 0 Å². The average molecular weight is 398 g/mol. The molecule has 0 aliphatic heterocycles. The summed E-state index contributed by atoms with van der Waals surface area (Å²) in [6.45, 7) is 0. The minimum absolute atomic E-state index is 0.344. The van der Waals surface area contributed by atoms with Gasteiger partial charge in [0.15, 0.2) is 5.69 Å². The molecule has 3 rings (SSSR count). The summed E-state index contributed by atoms with van der Waals surface area (Å²) < 4.78 is 37.8. The summed E-state index contributed by atoms with van der Waals surface area (Å²) in [5.74, 6) is -0.735. The number of para-hydroxylation sites is 1. The highest BCUT2D eigenvalue weighted by molar-refractivity contribution is 7.99. The molecule has 0 fully saturated rings. The summed E-state index contributed by atoms with van der Waals surface area (Å²) in [4.78, 5) is 13.8. The second-order valence-corrected chi connectivity index (χ2v) is 6.72. The third-order valence-corrected chi connectivity index (χ3v) is 4.63. The average Bonchev–Trinajstić information content (AvgIpc) is 3.09. The maximum Gasteiger partial charge on any atom is 0.432 e. The first-order valence-corrected chi connectivity index (χ1v) is 8.49. The van der Waals surface area contributed by atoms with Crippen molar-refractivity contribution in [2.45, 2.75) is 16.0 Å². The smallest absolute Gasteiger partial charge is 0.320 e. The molecular weight excluding hydrogens is 387 g/mol. The molecule has 0 spiro atoms. The summed E-state index contributed by atoms with van der Waals surface area (Å²) in [5, 5.41) is 8.44. The van der Waals surface area contributed by atoms with Crippen LogP contribution < -0.4 is 5.32 Å². The van der Waals surface area contributed by atoms with Gasteiger partial charge in [0.1, 0.15) is 5.69 Å². The number of carbonyl (C=O) groups excluding carboxylic acids is 1. The highest BCUT2D eigenvalue weighted by Gasteiger charge is 2.33. The van der Waals surface area contributed by atoms with Gasteiger partial charge < -0.3 is 5.32 Å². The Bertz CT molecular complexity index is 926. The maximum atomic E-state index is 12.6. The number of aromatic amines is 1. The number of alkyl halides is 3. The number of nitrogens with zero attached hydrogens (tertiary/aromatic N) is 1. The van der Waals surface area contributed by atoms with Gasteiger partial charge in [-0.3, -0.25) is 9.89 Å². The molecule has 1 heterocycles. The fraction of sp³-hybridized carbons (Fsp3) is 0.0588. The first kappa shape index (κ1) is 18.3. The summed E-state index contributed by atoms with van der Waals surface area (Å²) >= 11 is 7.25. The Morgan fingerprint density at radius 3 is 2.46 bits per heavy atom. The van der Waals surface area contributed by atoms with Crippen LogP contribution in [0, 0.1) is 0 Å². The van der Waals surface area contributed by atoms with Gasteiger partial charge in [-0.1, -0.05) is 35.5 Å². The quantitative estimate of drug-likeness (QED) is 0.612. The molecule has 9 heteroatoms. The highest BCUT2D eigenvalue weighted by Crippen LogP contribution is 2.34. The van der Waals surface area contributed by atoms with Crippen LogP contribution in [-0.4, -0.2) is 16.1 Å². The molecule has 0 atom stereocenters. The third kappa shape index (κ3) is 4.39. The largest absolute Gasteiger partial charge is 0.432 e. The number of carbonyl (C=O) groups is 1. The topological polar surface area (TPSA) is 57.8 Å². The molecule has 1 aromatic heterocycles. The van der Waals surface area contributed by atoms with Gasteiger partial charge in [0.2, 0.25) is 0 Å². The zero-order valence-corrected chi connectivity index (χ0v) is 14.5. The van der Waals surface area contributed by atoms with E-state index in [-0.39, 0.29) is 5.69 Å². The molecule has 26 heavy (non-hydrogen) atoms. The lowest BCUT2D eigenvalue weighted by Gasteiger charge is -2.10. The van der Waals surface area contributed by atoms with Gasteiger partial charge in [0.05, 0.1) is 5.69 Å². The first-order valence-electron chi connectivity index (χ1n) is 7.29. The number of nitrogens with one attached hydrogen (secondary N) is 2. The maximum absolute atomic E-state index is 12.6. The Hall–Kier alpha value is -2.45. The number of rotatable bonds is 4. The predicted molar refractivity (Wildman–Crippen MR) is 93.6 cm³/mol. The number of hydrogen-bond donors (Lipinski definition) is 2. The molecular formula is C17H11ClF3N3OS. The summed E-state index contributed by atoms with van der Waals surface area (Å²) in [6.07, 6.45) is -4.59. The van der Waals surface area contributed by atoms with E-state index in [1.807, 2.05) is 17.2 Å². The minimum Gasteiger partial charge on any atom is -0.320 e. The van der Waals surface area contributed by atoms with E-state index in [0.717, 1.165) is 9.79 Å². The SMILES string of the molecule is O=C(Nc1ccccc1Sc1ccc(Cl)cc1)c1cc(C(F)(F)F)[nH]n1. The van der Waals surface area contributed by atoms with Gasteiger partial charge in [-0.05, 0) is 36.4 Å². The van der Waals surface area contributed by atoms with Crippen LogP contribution in [0.2, 0.25) is 5.02 Å². The highest BCUT2D eigenvalue weighted by atomic mass is 35.5. The molecule has 3 aromatic rings. The fourth-order valence-electron chi connectivity index (χ4n) is 2.06. The van der Waals surface area contributed by atoms with Crippen molar-refractivity contribution in [3.63, 3.8) is 0 Å². The fourth-order valence-corrected chi connectivity index (χ4v) is 3.09. The van der Waals surface area contributed by atoms with Crippen LogP contribution >= 0.6 is 23.4 Å². The number of H-pyrrole nitrogens is 1. The molecule has 2 aromatic carbocycles. The summed E-state index contributed by atoms with van der Waals surface area (Å²) in [5.41, 5.74) is -0.955. The first-order chi connectivity index (χ1) is 12.3. The number of halogens is 4. The van der Waals surface area contributed by atoms with Gasteiger partial charge in [0, 0.05) is 20.9 Å². The Morgan fingerprint density at radius 1 is 1.12 bits per heavy atom. The van der Waals surface area contributed by atoms with Crippen LogP contribution in [0.4, 0.5) is 18.9 Å². The molecule has 2 N–H and O–H groups in total. The number of anilines is 1. The van der Waals surface area contributed by atoms with Gasteiger partial charge >= 0.3 is 6.18 Å². The van der Waals surface area contributed by atoms with E-state index in [4.69, 9.17) is 11.6 Å². The lowest BCUT2D eigenvalue weighted by atomic mass is 10.3. The molecule has 0 saturated carbocycles. The molecule has 0 saturated heterocycles. The zero-order chi connectivity index (χ0) is 18.7. The van der Waals surface area contributed by atoms with Crippen LogP contribution in [0.1, 0.15) is 16.2 Å². The lowest BCUT2D eigenvalue weighted by molar-refractivity contribution is -0.141. The van der Waals surface area contributed by atoms with Crippen LogP contribution in [0.15, 0.2) is 64.4 Å². The molecule has 0 unspecified atom stereocenters. The summed E-state index contributed by atoms with van der Waals surface area (Å²) in [7, 11) is 0. The van der Waals surface area contributed by atoms with E-state index in [9.17, 15) is 18.0 Å². The number of amides is 1. The molecule has 0 radical (unpaired) electrons. The Morgan fingerprint density at radius 2 is 1.81 bits per heavy atom. The van der Waals surface area contributed by atoms with Gasteiger partial charge in [0.25, 0.3) is 5.91 Å². The Kier molecular flexibility index (Phi) is 5.24. The van der Waals surface area contributed by atoms with Gasteiger partial charge in [-0.25, -0.2) is 0 Å². The van der Waals surface area contributed by atoms with Crippen LogP contribution in [-0.2, 0) is 6.18 Å². The molecule has 0 aliphatic rings. The minimum atomic E-state index is -4.59. The molecule has 0 aliphatic carbocycles. The predicted octanol–water partition coefficient (Wildman–Crippen LogP) is 5.49. The van der Waals surface area contributed by atoms with Gasteiger partial charge in [-0.2, -0.15) is 18.3 Å². The molecule has 1 amide bonds. The second kappa shape index (κ2) is 7.43. The van der Waals surface area contributed by atoms with Crippen molar-refractivity contribution in [1.29, 1.82) is 0 Å². The van der Waals surface area contributed by atoms with E-state index in [1.54, 1.807) is 36.4 Å². The number of benzene rings is 2. The van der Waals surface area contributed by atoms with E-state index >= 15 is 0 Å². The standard InChI is InChI=1S/C17H11ClF3N3OS/c18-10-5-7-11(8-6-10)26-14-4-2-1-3-12(14)22-16(25)13-9-15(24-23-13)17(19,20)21/h1-9H,(H,22,25)(H,23,24). The number of aromatic nitrogens is 2. The van der Waals surface area contributed by atoms with E-state index < -0.39 is 17.8 Å². The Labute approximate surface area is 155 Å². The number of hydrogen-bond acceptors (Lipinski definition) is 3. The normalized spacial score (nSPS) is 11.4. The second-order valence-electron chi connectivity index (χ2n) is 5.17. The van der Waals surface area contributed by atoms with Crippen molar-refractivity contribution in [2.75, 3.05) is 5.32 Å². The zero-order valence-electron chi connectivity index (χ0n) is 13.0. The van der Waals surface area contributed by atoms with Crippen molar-refractivity contribution in [1.82, 2.24) is 10.2 Å².